The largest absolute Gasteiger partial charge is 0.356 e. The summed E-state index contributed by atoms with van der Waals surface area (Å²) in [7, 11) is -4.10. The van der Waals surface area contributed by atoms with Gasteiger partial charge in [0, 0.05) is 22.2 Å². The molecule has 0 aliphatic heterocycles. The van der Waals surface area contributed by atoms with Gasteiger partial charge in [-0.3, -0.25) is 4.79 Å². The van der Waals surface area contributed by atoms with Gasteiger partial charge in [-0.25, -0.2) is 12.8 Å². The third-order valence-corrected chi connectivity index (χ3v) is 7.62. The molecule has 2 aromatic rings. The summed E-state index contributed by atoms with van der Waals surface area (Å²) in [6.45, 7) is 1.98. The highest BCUT2D eigenvalue weighted by Crippen LogP contribution is 2.38. The second-order valence-corrected chi connectivity index (χ2v) is 10.0. The van der Waals surface area contributed by atoms with Gasteiger partial charge in [0.15, 0.2) is 9.84 Å². The van der Waals surface area contributed by atoms with Gasteiger partial charge in [-0.15, -0.1) is 0 Å². The molecule has 1 aliphatic rings. The van der Waals surface area contributed by atoms with Crippen LogP contribution in [-0.2, 0) is 14.6 Å². The van der Waals surface area contributed by atoms with Crippen LogP contribution in [0.5, 0.6) is 0 Å². The molecule has 8 heteroatoms. The van der Waals surface area contributed by atoms with Crippen molar-refractivity contribution < 1.29 is 17.6 Å². The average Bonchev–Trinajstić information content (AvgIpc) is 3.47. The molecule has 0 heterocycles. The number of halogens is 3. The van der Waals surface area contributed by atoms with Crippen molar-refractivity contribution >= 4 is 38.9 Å². The molecule has 0 spiro atoms. The highest BCUT2D eigenvalue weighted by Gasteiger charge is 2.39. The van der Waals surface area contributed by atoms with E-state index in [1.165, 1.54) is 43.3 Å². The molecule has 1 N–H and O–H groups in total. The number of carbonyl (C=O) groups is 1. The van der Waals surface area contributed by atoms with Crippen molar-refractivity contribution in [2.24, 2.45) is 11.8 Å². The number of rotatable bonds is 7. The minimum absolute atomic E-state index is 0.0388. The number of carbonyl (C=O) groups excluding carboxylic acids is 1. The van der Waals surface area contributed by atoms with E-state index in [0.717, 1.165) is 18.9 Å². The predicted octanol–water partition coefficient (Wildman–Crippen LogP) is 4.81. The van der Waals surface area contributed by atoms with Crippen molar-refractivity contribution in [1.29, 1.82) is 0 Å². The molecule has 0 bridgehead atoms. The lowest BCUT2D eigenvalue weighted by Gasteiger charge is -2.25. The maximum Gasteiger partial charge on any atom is 0.224 e. The second-order valence-electron chi connectivity index (χ2n) is 7.06. The third-order valence-electron chi connectivity index (χ3n) is 4.87. The molecule has 1 unspecified atom stereocenters. The molecule has 1 fully saturated rings. The SMILES string of the molecule is C[C@H](C(=O)NCC1CC1)C(c1cc(Cl)ccc1F)S(=O)(=O)c1ccc(Cl)cc1. The van der Waals surface area contributed by atoms with E-state index in [2.05, 4.69) is 5.32 Å². The predicted molar refractivity (Wildman–Crippen MR) is 108 cm³/mol. The Kier molecular flexibility index (Phi) is 6.32. The third kappa shape index (κ3) is 4.67. The van der Waals surface area contributed by atoms with Gasteiger partial charge in [-0.2, -0.15) is 0 Å². The summed E-state index contributed by atoms with van der Waals surface area (Å²) < 4.78 is 41.3. The molecule has 0 radical (unpaired) electrons. The van der Waals surface area contributed by atoms with Crippen molar-refractivity contribution in [1.82, 2.24) is 5.32 Å². The maximum atomic E-state index is 14.6. The monoisotopic (exact) mass is 443 g/mol. The Hall–Kier alpha value is -1.63. The second kappa shape index (κ2) is 8.39. The zero-order valence-corrected chi connectivity index (χ0v) is 17.5. The molecule has 0 aromatic heterocycles. The van der Waals surface area contributed by atoms with E-state index in [4.69, 9.17) is 23.2 Å². The Morgan fingerprint density at radius 2 is 1.75 bits per heavy atom. The van der Waals surface area contributed by atoms with E-state index >= 15 is 0 Å². The van der Waals surface area contributed by atoms with E-state index in [-0.39, 0.29) is 15.5 Å². The van der Waals surface area contributed by atoms with Crippen LogP contribution < -0.4 is 5.32 Å². The molecule has 150 valence electrons. The standard InChI is InChI=1S/C20H20Cl2FNO3S/c1-12(20(25)24-11-13-2-3-13)19(17-10-15(22)6-9-18(17)23)28(26,27)16-7-4-14(21)5-8-16/h4-10,12-13,19H,2-3,11H2,1H3,(H,24,25)/t12-,19?/m0/s1. The van der Waals surface area contributed by atoms with E-state index in [0.29, 0.717) is 17.5 Å². The van der Waals surface area contributed by atoms with Crippen LogP contribution in [0, 0.1) is 17.7 Å². The van der Waals surface area contributed by atoms with Crippen molar-refractivity contribution in [3.63, 3.8) is 0 Å². The summed E-state index contributed by atoms with van der Waals surface area (Å²) in [5.74, 6) is -1.75. The fourth-order valence-electron chi connectivity index (χ4n) is 3.07. The molecule has 4 nitrogen and oxygen atoms in total. The fraction of sp³-hybridized carbons (Fsp3) is 0.350. The van der Waals surface area contributed by atoms with Crippen LogP contribution in [0.1, 0.15) is 30.6 Å². The van der Waals surface area contributed by atoms with Crippen LogP contribution in [0.2, 0.25) is 10.0 Å². The lowest BCUT2D eigenvalue weighted by Crippen LogP contribution is -2.36. The molecule has 1 aliphatic carbocycles. The number of benzene rings is 2. The zero-order valence-electron chi connectivity index (χ0n) is 15.2. The maximum absolute atomic E-state index is 14.6. The van der Waals surface area contributed by atoms with Gasteiger partial charge in [-0.1, -0.05) is 30.1 Å². The van der Waals surface area contributed by atoms with Crippen LogP contribution in [-0.4, -0.2) is 20.9 Å². The molecular weight excluding hydrogens is 424 g/mol. The van der Waals surface area contributed by atoms with Crippen LogP contribution in [0.4, 0.5) is 4.39 Å². The summed E-state index contributed by atoms with van der Waals surface area (Å²) in [6, 6.07) is 9.29. The van der Waals surface area contributed by atoms with Gasteiger partial charge >= 0.3 is 0 Å². The summed E-state index contributed by atoms with van der Waals surface area (Å²) in [4.78, 5) is 12.6. The van der Waals surface area contributed by atoms with Crippen LogP contribution >= 0.6 is 23.2 Å². The minimum Gasteiger partial charge on any atom is -0.356 e. The smallest absolute Gasteiger partial charge is 0.224 e. The highest BCUT2D eigenvalue weighted by molar-refractivity contribution is 7.91. The van der Waals surface area contributed by atoms with Gasteiger partial charge in [-0.05, 0) is 61.2 Å². The topological polar surface area (TPSA) is 63.2 Å². The molecule has 1 amide bonds. The summed E-state index contributed by atoms with van der Waals surface area (Å²) in [5, 5.41) is 1.92. The summed E-state index contributed by atoms with van der Waals surface area (Å²) in [5.41, 5.74) is -0.128. The zero-order chi connectivity index (χ0) is 20.5. The molecule has 28 heavy (non-hydrogen) atoms. The van der Waals surface area contributed by atoms with Gasteiger partial charge < -0.3 is 5.32 Å². The van der Waals surface area contributed by atoms with Crippen molar-refractivity contribution in [3.8, 4) is 0 Å². The van der Waals surface area contributed by atoms with Gasteiger partial charge in [0.25, 0.3) is 0 Å². The first-order valence-corrected chi connectivity index (χ1v) is 11.2. The molecule has 3 rings (SSSR count). The van der Waals surface area contributed by atoms with E-state index in [1.54, 1.807) is 0 Å². The van der Waals surface area contributed by atoms with Gasteiger partial charge in [0.2, 0.25) is 5.91 Å². The fourth-order valence-corrected chi connectivity index (χ4v) is 5.37. The quantitative estimate of drug-likeness (QED) is 0.667. The number of hydrogen-bond donors (Lipinski definition) is 1. The average molecular weight is 444 g/mol. The van der Waals surface area contributed by atoms with Crippen LogP contribution in [0.3, 0.4) is 0 Å². The van der Waals surface area contributed by atoms with Crippen LogP contribution in [0.25, 0.3) is 0 Å². The normalized spacial score (nSPS) is 16.4. The van der Waals surface area contributed by atoms with Gasteiger partial charge in [0.05, 0.1) is 10.8 Å². The Bertz CT molecular complexity index is 975. The first kappa shape index (κ1) is 21.1. The van der Waals surface area contributed by atoms with Crippen molar-refractivity contribution in [3.05, 3.63) is 63.9 Å². The Labute approximate surface area is 174 Å². The summed E-state index contributed by atoms with van der Waals surface area (Å²) in [6.07, 6.45) is 2.09. The molecule has 2 aromatic carbocycles. The highest BCUT2D eigenvalue weighted by atomic mass is 35.5. The Balaban J connectivity index is 2.03. The van der Waals surface area contributed by atoms with E-state index in [1.807, 2.05) is 0 Å². The minimum atomic E-state index is -4.10. The van der Waals surface area contributed by atoms with Crippen molar-refractivity contribution in [2.45, 2.75) is 29.9 Å². The Morgan fingerprint density at radius 3 is 2.36 bits per heavy atom. The number of hydrogen-bond acceptors (Lipinski definition) is 3. The Morgan fingerprint density at radius 1 is 1.14 bits per heavy atom. The number of sulfone groups is 1. The molecule has 2 atom stereocenters. The lowest BCUT2D eigenvalue weighted by molar-refractivity contribution is -0.124. The molecular formula is C20H20Cl2FNO3S. The first-order valence-electron chi connectivity index (χ1n) is 8.92. The lowest BCUT2D eigenvalue weighted by atomic mass is 9.99. The molecule has 0 saturated heterocycles. The first-order chi connectivity index (χ1) is 13.2. The van der Waals surface area contributed by atoms with Gasteiger partial charge in [0.1, 0.15) is 11.1 Å². The van der Waals surface area contributed by atoms with Crippen molar-refractivity contribution in [2.75, 3.05) is 6.54 Å². The van der Waals surface area contributed by atoms with Crippen LogP contribution in [0.15, 0.2) is 47.4 Å². The molecule has 1 saturated carbocycles. The number of nitrogens with one attached hydrogen (secondary N) is 1. The van der Waals surface area contributed by atoms with E-state index in [9.17, 15) is 17.6 Å². The van der Waals surface area contributed by atoms with E-state index < -0.39 is 32.7 Å². The number of amides is 1. The summed E-state index contributed by atoms with van der Waals surface area (Å²) >= 11 is 11.9.